The Morgan fingerprint density at radius 1 is 0.163 bits per heavy atom. The fourth-order valence-corrected chi connectivity index (χ4v) is 13.4. The first kappa shape index (κ1) is 50.4. The van der Waals surface area contributed by atoms with Crippen LogP contribution >= 0.6 is 0 Å². The van der Waals surface area contributed by atoms with Gasteiger partial charge in [0.05, 0.1) is 11.4 Å². The first-order valence-electron chi connectivity index (χ1n) is 29.6. The minimum absolute atomic E-state index is 1.06. The molecule has 0 bridgehead atoms. The summed E-state index contributed by atoms with van der Waals surface area (Å²) in [5, 5.41) is 14.5. The fraction of sp³-hybridized carbons (Fsp3) is 0. The van der Waals surface area contributed by atoms with Gasteiger partial charge in [-0.3, -0.25) is 0 Å². The van der Waals surface area contributed by atoms with Gasteiger partial charge >= 0.3 is 0 Å². The Kier molecular flexibility index (Phi) is 12.6. The third-order valence-corrected chi connectivity index (χ3v) is 17.4. The van der Waals surface area contributed by atoms with Crippen LogP contribution in [0.1, 0.15) is 0 Å². The maximum atomic E-state index is 2.48. The number of nitrogens with zero attached hydrogens (tertiary/aromatic N) is 2. The molecule has 0 aromatic heterocycles. The van der Waals surface area contributed by atoms with Crippen LogP contribution < -0.4 is 9.80 Å². The monoisotopic (exact) mass is 1090 g/mol. The molecule has 2 nitrogen and oxygen atoms in total. The van der Waals surface area contributed by atoms with E-state index in [-0.39, 0.29) is 0 Å². The molecule has 0 spiro atoms. The van der Waals surface area contributed by atoms with Gasteiger partial charge in [0, 0.05) is 33.5 Å². The van der Waals surface area contributed by atoms with Gasteiger partial charge in [-0.25, -0.2) is 0 Å². The van der Waals surface area contributed by atoms with Crippen LogP contribution in [0.25, 0.3) is 120 Å². The van der Waals surface area contributed by atoms with Gasteiger partial charge in [0.1, 0.15) is 0 Å². The average Bonchev–Trinajstić information content (AvgIpc) is 1.33. The summed E-state index contributed by atoms with van der Waals surface area (Å²) >= 11 is 0. The van der Waals surface area contributed by atoms with E-state index in [0.29, 0.717) is 0 Å². The quantitative estimate of drug-likeness (QED) is 0.127. The zero-order valence-electron chi connectivity index (χ0n) is 47.2. The van der Waals surface area contributed by atoms with Gasteiger partial charge in [0.2, 0.25) is 0 Å². The molecule has 0 radical (unpaired) electrons. The molecular formula is C84H56N2. The summed E-state index contributed by atoms with van der Waals surface area (Å²) in [6.45, 7) is 0. The average molecular weight is 1090 g/mol. The molecule has 16 aromatic rings. The van der Waals surface area contributed by atoms with Gasteiger partial charge in [-0.2, -0.15) is 0 Å². The molecule has 0 aliphatic heterocycles. The molecule has 0 fully saturated rings. The summed E-state index contributed by atoms with van der Waals surface area (Å²) in [7, 11) is 0. The zero-order chi connectivity index (χ0) is 56.9. The van der Waals surface area contributed by atoms with Crippen molar-refractivity contribution in [3.8, 4) is 55.6 Å². The van der Waals surface area contributed by atoms with Gasteiger partial charge in [-0.15, -0.1) is 0 Å². The van der Waals surface area contributed by atoms with Crippen LogP contribution in [0.2, 0.25) is 0 Å². The van der Waals surface area contributed by atoms with Gasteiger partial charge in [0.25, 0.3) is 0 Å². The van der Waals surface area contributed by atoms with E-state index in [9.17, 15) is 0 Å². The Bertz CT molecular complexity index is 5130. The lowest BCUT2D eigenvalue weighted by molar-refractivity contribution is 1.29. The number of para-hydroxylation sites is 1. The van der Waals surface area contributed by atoms with Crippen LogP contribution in [0.3, 0.4) is 0 Å². The molecule has 0 atom stereocenters. The van der Waals surface area contributed by atoms with Crippen molar-refractivity contribution in [2.75, 3.05) is 9.80 Å². The number of hydrogen-bond donors (Lipinski definition) is 0. The molecule has 16 rings (SSSR count). The Morgan fingerprint density at radius 3 is 0.977 bits per heavy atom. The van der Waals surface area contributed by atoms with Crippen molar-refractivity contribution < 1.29 is 0 Å². The van der Waals surface area contributed by atoms with E-state index in [1.165, 1.54) is 92.5 Å². The Hall–Kier alpha value is -11.3. The van der Waals surface area contributed by atoms with E-state index < -0.39 is 0 Å². The van der Waals surface area contributed by atoms with E-state index in [1.54, 1.807) is 0 Å². The van der Waals surface area contributed by atoms with Gasteiger partial charge in [0.15, 0.2) is 0 Å². The Morgan fingerprint density at radius 2 is 0.477 bits per heavy atom. The summed E-state index contributed by atoms with van der Waals surface area (Å²) in [5.41, 5.74) is 18.3. The number of hydrogen-bond acceptors (Lipinski definition) is 2. The van der Waals surface area contributed by atoms with E-state index >= 15 is 0 Å². The standard InChI is InChI=1S/C84H56N2/c1-2-30-66(31-3-1)85(82-42-17-28-62-23-7-12-35-75(62)82)67-48-44-57(45-49-67)58-46-50-68(51-47-58)86(83-43-18-29-63-24-8-13-36-76(63)83)69-55-64(73-37-14-25-59-20-4-9-32-70(59)73)54-65(56-69)74-52-53-81(78-39-16-27-61-22-6-11-34-72(61)78)84-79(74)40-19-41-80(84)77-38-15-26-60-21-5-10-33-71(60)77/h1-56H. The maximum Gasteiger partial charge on any atom is 0.0540 e. The minimum atomic E-state index is 1.06. The second-order valence-corrected chi connectivity index (χ2v) is 22.3. The highest BCUT2D eigenvalue weighted by atomic mass is 15.1. The highest BCUT2D eigenvalue weighted by molar-refractivity contribution is 6.18. The third-order valence-electron chi connectivity index (χ3n) is 17.4. The third kappa shape index (κ3) is 8.91. The molecule has 0 aliphatic carbocycles. The summed E-state index contributed by atoms with van der Waals surface area (Å²) < 4.78 is 0. The largest absolute Gasteiger partial charge is 0.310 e. The predicted octanol–water partition coefficient (Wildman–Crippen LogP) is 23.9. The molecule has 0 saturated heterocycles. The maximum absolute atomic E-state index is 2.48. The number of benzene rings is 16. The normalized spacial score (nSPS) is 11.5. The second-order valence-electron chi connectivity index (χ2n) is 22.3. The summed E-state index contributed by atoms with van der Waals surface area (Å²) in [6, 6.07) is 125. The van der Waals surface area contributed by atoms with Crippen LogP contribution in [0.15, 0.2) is 340 Å². The molecule has 0 heterocycles. The first-order chi connectivity index (χ1) is 42.7. The van der Waals surface area contributed by atoms with E-state index in [0.717, 1.165) is 61.9 Å². The van der Waals surface area contributed by atoms with Gasteiger partial charge in [-0.1, -0.05) is 273 Å². The van der Waals surface area contributed by atoms with Crippen molar-refractivity contribution in [3.63, 3.8) is 0 Å². The van der Waals surface area contributed by atoms with Crippen molar-refractivity contribution in [1.82, 2.24) is 0 Å². The Labute approximate surface area is 501 Å². The molecule has 0 saturated carbocycles. The number of fused-ring (bicyclic) bond motifs is 6. The van der Waals surface area contributed by atoms with E-state index in [1.807, 2.05) is 0 Å². The fourth-order valence-electron chi connectivity index (χ4n) is 13.4. The van der Waals surface area contributed by atoms with E-state index in [4.69, 9.17) is 0 Å². The minimum Gasteiger partial charge on any atom is -0.310 e. The molecule has 0 N–H and O–H groups in total. The highest BCUT2D eigenvalue weighted by Crippen LogP contribution is 2.49. The molecule has 0 aliphatic rings. The number of anilines is 6. The van der Waals surface area contributed by atoms with Crippen LogP contribution in [-0.4, -0.2) is 0 Å². The van der Waals surface area contributed by atoms with Gasteiger partial charge < -0.3 is 9.80 Å². The highest BCUT2D eigenvalue weighted by Gasteiger charge is 2.23. The lowest BCUT2D eigenvalue weighted by Gasteiger charge is -2.29. The first-order valence-corrected chi connectivity index (χ1v) is 29.6. The molecule has 0 unspecified atom stereocenters. The smallest absolute Gasteiger partial charge is 0.0540 e. The van der Waals surface area contributed by atoms with Crippen LogP contribution in [0, 0.1) is 0 Å². The molecular weight excluding hydrogens is 1040 g/mol. The number of rotatable bonds is 11. The lowest BCUT2D eigenvalue weighted by atomic mass is 9.84. The lowest BCUT2D eigenvalue weighted by Crippen LogP contribution is -2.11. The van der Waals surface area contributed by atoms with E-state index in [2.05, 4.69) is 350 Å². The van der Waals surface area contributed by atoms with Crippen molar-refractivity contribution >= 4 is 98.8 Å². The van der Waals surface area contributed by atoms with Crippen molar-refractivity contribution in [3.05, 3.63) is 340 Å². The van der Waals surface area contributed by atoms with Crippen LogP contribution in [0.4, 0.5) is 34.1 Å². The second kappa shape index (κ2) is 21.5. The Balaban J connectivity index is 0.890. The van der Waals surface area contributed by atoms with Crippen molar-refractivity contribution in [1.29, 1.82) is 0 Å². The predicted molar refractivity (Wildman–Crippen MR) is 368 cm³/mol. The summed E-state index contributed by atoms with van der Waals surface area (Å²) in [4.78, 5) is 4.84. The molecule has 0 amide bonds. The van der Waals surface area contributed by atoms with Crippen molar-refractivity contribution in [2.45, 2.75) is 0 Å². The summed E-state index contributed by atoms with van der Waals surface area (Å²) in [5.74, 6) is 0. The SMILES string of the molecule is c1ccc(N(c2ccc(-c3ccc(N(c4cc(-c5cccc6ccccc56)cc(-c5ccc(-c6cccc7ccccc67)c6c(-c7cccc8ccccc78)cccc56)c4)c4cccc5ccccc45)cc3)cc2)c2cccc3ccccc23)cc1. The topological polar surface area (TPSA) is 6.48 Å². The van der Waals surface area contributed by atoms with Crippen LogP contribution in [0.5, 0.6) is 0 Å². The van der Waals surface area contributed by atoms with Gasteiger partial charge in [-0.05, 0) is 176 Å². The molecule has 402 valence electrons. The van der Waals surface area contributed by atoms with Crippen LogP contribution in [-0.2, 0) is 0 Å². The molecule has 86 heavy (non-hydrogen) atoms. The summed E-state index contributed by atoms with van der Waals surface area (Å²) in [6.07, 6.45) is 0. The zero-order valence-corrected chi connectivity index (χ0v) is 47.2. The molecule has 2 heteroatoms. The molecule has 16 aromatic carbocycles. The van der Waals surface area contributed by atoms with Crippen molar-refractivity contribution in [2.24, 2.45) is 0 Å².